The third-order valence-corrected chi connectivity index (χ3v) is 9.57. The van der Waals surface area contributed by atoms with Crippen molar-refractivity contribution in [3.63, 3.8) is 0 Å². The summed E-state index contributed by atoms with van der Waals surface area (Å²) in [6.45, 7) is 20.8. The average molecular weight is 613 g/mol. The molecule has 1 unspecified atom stereocenters. The number of ether oxygens (including phenoxy) is 2. The monoisotopic (exact) mass is 612 g/mol. The number of Topliss-reactive ketones (excluding diaryl/α,β-unsaturated/α-hetero) is 1. The van der Waals surface area contributed by atoms with Crippen LogP contribution < -0.4 is 0 Å². The lowest BCUT2D eigenvalue weighted by atomic mass is 9.63. The second kappa shape index (κ2) is 14.6. The number of fused-ring (bicyclic) bond motifs is 1. The molecule has 0 amide bonds. The van der Waals surface area contributed by atoms with Gasteiger partial charge in [0.2, 0.25) is 0 Å². The maximum atomic E-state index is 12.3. The van der Waals surface area contributed by atoms with Gasteiger partial charge in [-0.3, -0.25) is 4.79 Å². The number of aliphatic hydroxyl groups is 1. The molecule has 45 heavy (non-hydrogen) atoms. The van der Waals surface area contributed by atoms with Crippen LogP contribution in [0.3, 0.4) is 0 Å². The van der Waals surface area contributed by atoms with Crippen LogP contribution in [0.2, 0.25) is 0 Å². The SMILES string of the molecule is COC1CC(C)(C)C(/C=C/C(C)=C/C=C/C(C)=C\C=C\C=C(C)\C=C\C=C(C)\C=C\[C@@]23O[C@]2(C)C[C@@H](O)CC3(C)C)=C1C(C)=O. The predicted octanol–water partition coefficient (Wildman–Crippen LogP) is 9.59. The average Bonchev–Trinajstić information content (AvgIpc) is 3.46. The number of methoxy groups -OCH3 is 1. The van der Waals surface area contributed by atoms with Gasteiger partial charge >= 0.3 is 0 Å². The molecule has 0 spiro atoms. The van der Waals surface area contributed by atoms with Crippen LogP contribution in [-0.2, 0) is 14.3 Å². The molecular weight excluding hydrogens is 556 g/mol. The molecule has 0 bridgehead atoms. The van der Waals surface area contributed by atoms with E-state index in [2.05, 4.69) is 147 Å². The van der Waals surface area contributed by atoms with Crippen molar-refractivity contribution in [2.24, 2.45) is 10.8 Å². The lowest BCUT2D eigenvalue weighted by Gasteiger charge is -2.39. The molecule has 0 radical (unpaired) electrons. The predicted molar refractivity (Wildman–Crippen MR) is 189 cm³/mol. The van der Waals surface area contributed by atoms with Crippen molar-refractivity contribution in [2.75, 3.05) is 7.11 Å². The molecule has 4 heteroatoms. The summed E-state index contributed by atoms with van der Waals surface area (Å²) in [5, 5.41) is 10.3. The topological polar surface area (TPSA) is 59.1 Å². The van der Waals surface area contributed by atoms with Gasteiger partial charge in [-0.05, 0) is 71.4 Å². The van der Waals surface area contributed by atoms with E-state index in [0.717, 1.165) is 46.3 Å². The maximum Gasteiger partial charge on any atom is 0.158 e. The summed E-state index contributed by atoms with van der Waals surface area (Å²) in [4.78, 5) is 12.3. The second-order valence-corrected chi connectivity index (χ2v) is 14.6. The molecule has 244 valence electrons. The van der Waals surface area contributed by atoms with Crippen molar-refractivity contribution in [3.8, 4) is 0 Å². The van der Waals surface area contributed by atoms with Gasteiger partial charge in [-0.1, -0.05) is 129 Å². The Morgan fingerprint density at radius 2 is 1.27 bits per heavy atom. The van der Waals surface area contributed by atoms with Crippen molar-refractivity contribution in [3.05, 3.63) is 119 Å². The maximum absolute atomic E-state index is 12.3. The van der Waals surface area contributed by atoms with Gasteiger partial charge in [0, 0.05) is 24.5 Å². The van der Waals surface area contributed by atoms with Crippen molar-refractivity contribution in [1.29, 1.82) is 0 Å². The Balaban J connectivity index is 1.53. The van der Waals surface area contributed by atoms with E-state index in [9.17, 15) is 9.90 Å². The minimum absolute atomic E-state index is 0.0850. The highest BCUT2D eigenvalue weighted by Gasteiger charge is 2.74. The fourth-order valence-electron chi connectivity index (χ4n) is 7.03. The number of allylic oxidation sites excluding steroid dienone is 18. The molecule has 1 N–H and O–H groups in total. The highest BCUT2D eigenvalue weighted by Crippen LogP contribution is 2.66. The van der Waals surface area contributed by atoms with Crippen LogP contribution in [-0.4, -0.2) is 41.4 Å². The first-order valence-corrected chi connectivity index (χ1v) is 16.2. The Morgan fingerprint density at radius 3 is 1.78 bits per heavy atom. The van der Waals surface area contributed by atoms with Gasteiger partial charge in [0.05, 0.1) is 12.2 Å². The van der Waals surface area contributed by atoms with E-state index in [-0.39, 0.29) is 40.0 Å². The van der Waals surface area contributed by atoms with Crippen LogP contribution in [0.4, 0.5) is 0 Å². The summed E-state index contributed by atoms with van der Waals surface area (Å²) >= 11 is 0. The van der Waals surface area contributed by atoms with Crippen molar-refractivity contribution in [1.82, 2.24) is 0 Å². The Hall–Kier alpha value is -3.05. The first-order chi connectivity index (χ1) is 21.0. The molecular formula is C41H56O4. The Kier molecular flexibility index (Phi) is 11.8. The summed E-state index contributed by atoms with van der Waals surface area (Å²) in [6.07, 6.45) is 31.2. The Labute approximate surface area is 273 Å². The first kappa shape index (κ1) is 36.4. The molecule has 1 heterocycles. The lowest BCUT2D eigenvalue weighted by molar-refractivity contribution is -0.114. The van der Waals surface area contributed by atoms with Crippen LogP contribution in [0.25, 0.3) is 0 Å². The Morgan fingerprint density at radius 1 is 0.756 bits per heavy atom. The number of ketones is 1. The number of carbonyl (C=O) groups excluding carboxylic acids is 1. The van der Waals surface area contributed by atoms with E-state index in [0.29, 0.717) is 6.42 Å². The minimum Gasteiger partial charge on any atom is -0.393 e. The molecule has 2 fully saturated rings. The molecule has 3 aliphatic rings. The van der Waals surface area contributed by atoms with Gasteiger partial charge in [0.25, 0.3) is 0 Å². The number of carbonyl (C=O) groups is 1. The van der Waals surface area contributed by atoms with Crippen LogP contribution >= 0.6 is 0 Å². The summed E-state index contributed by atoms with van der Waals surface area (Å²) in [7, 11) is 1.68. The molecule has 0 aromatic rings. The highest BCUT2D eigenvalue weighted by molar-refractivity contribution is 5.96. The number of aliphatic hydroxyl groups excluding tert-OH is 1. The van der Waals surface area contributed by atoms with Gasteiger partial charge in [-0.15, -0.1) is 0 Å². The molecule has 3 rings (SSSR count). The Bertz CT molecular complexity index is 1430. The molecule has 1 saturated carbocycles. The van der Waals surface area contributed by atoms with E-state index in [4.69, 9.17) is 9.47 Å². The normalized spacial score (nSPS) is 31.0. The minimum atomic E-state index is -0.299. The number of hydrogen-bond acceptors (Lipinski definition) is 4. The number of hydrogen-bond donors (Lipinski definition) is 1. The van der Waals surface area contributed by atoms with Gasteiger partial charge in [-0.25, -0.2) is 0 Å². The lowest BCUT2D eigenvalue weighted by Crippen LogP contribution is -2.46. The van der Waals surface area contributed by atoms with Crippen LogP contribution in [0, 0.1) is 10.8 Å². The van der Waals surface area contributed by atoms with E-state index in [1.54, 1.807) is 14.0 Å². The summed E-state index contributed by atoms with van der Waals surface area (Å²) in [5.74, 6) is 0.0850. The molecule has 1 saturated heterocycles. The highest BCUT2D eigenvalue weighted by atomic mass is 16.6. The molecule has 2 aliphatic carbocycles. The molecule has 4 nitrogen and oxygen atoms in total. The zero-order valence-electron chi connectivity index (χ0n) is 29.5. The van der Waals surface area contributed by atoms with Gasteiger partial charge < -0.3 is 14.6 Å². The smallest absolute Gasteiger partial charge is 0.158 e. The van der Waals surface area contributed by atoms with Crippen molar-refractivity contribution < 1.29 is 19.4 Å². The zero-order chi connectivity index (χ0) is 33.6. The number of rotatable bonds is 12. The molecule has 0 aromatic carbocycles. The van der Waals surface area contributed by atoms with Crippen molar-refractivity contribution in [2.45, 2.75) is 112 Å². The largest absolute Gasteiger partial charge is 0.393 e. The van der Waals surface area contributed by atoms with E-state index < -0.39 is 0 Å². The zero-order valence-corrected chi connectivity index (χ0v) is 29.5. The van der Waals surface area contributed by atoms with E-state index in [1.807, 2.05) is 0 Å². The number of epoxide rings is 1. The summed E-state index contributed by atoms with van der Waals surface area (Å²) < 4.78 is 11.8. The van der Waals surface area contributed by atoms with Gasteiger partial charge in [0.1, 0.15) is 11.2 Å². The second-order valence-electron chi connectivity index (χ2n) is 14.6. The van der Waals surface area contributed by atoms with Crippen LogP contribution in [0.1, 0.15) is 88.5 Å². The third-order valence-electron chi connectivity index (χ3n) is 9.57. The van der Waals surface area contributed by atoms with Gasteiger partial charge in [0.15, 0.2) is 5.78 Å². The molecule has 4 atom stereocenters. The third kappa shape index (κ3) is 8.82. The fourth-order valence-corrected chi connectivity index (χ4v) is 7.03. The standard InChI is InChI=1S/C41H56O4/c1-29(18-14-20-31(3)22-23-35-37(33(5)42)36(44-11)28-38(35,6)7)16-12-13-17-30(2)19-15-21-32(4)24-25-41-39(8,9)26-34(43)27-40(41,10)45-41/h12-25,34,36,43H,26-28H2,1-11H3/b13-12+,18-14+,19-15+,23-22+,25-24+,29-16-,30-17+,31-20+,32-21+/t34-,36?,40+,41-/m0/s1. The van der Waals surface area contributed by atoms with E-state index >= 15 is 0 Å². The van der Waals surface area contributed by atoms with Crippen LogP contribution in [0.5, 0.6) is 0 Å². The summed E-state index contributed by atoms with van der Waals surface area (Å²) in [6, 6.07) is 0. The van der Waals surface area contributed by atoms with Crippen molar-refractivity contribution >= 4 is 5.78 Å². The van der Waals surface area contributed by atoms with Gasteiger partial charge in [-0.2, -0.15) is 0 Å². The van der Waals surface area contributed by atoms with E-state index in [1.165, 1.54) is 0 Å². The molecule has 0 aromatic heterocycles. The summed E-state index contributed by atoms with van der Waals surface area (Å²) in [5.41, 5.74) is 5.69. The first-order valence-electron chi connectivity index (χ1n) is 16.2. The van der Waals surface area contributed by atoms with Crippen LogP contribution in [0.15, 0.2) is 119 Å². The fraction of sp³-hybridized carbons (Fsp3) is 0.488. The quantitative estimate of drug-likeness (QED) is 0.176. The molecule has 1 aliphatic heterocycles.